The average molecular weight is 299 g/mol. The number of esters is 1. The van der Waals surface area contributed by atoms with Crippen molar-refractivity contribution in [1.82, 2.24) is 15.5 Å². The molecule has 21 heavy (non-hydrogen) atoms. The van der Waals surface area contributed by atoms with Crippen molar-refractivity contribution in [1.29, 1.82) is 0 Å². The van der Waals surface area contributed by atoms with Crippen LogP contribution in [0.5, 0.6) is 0 Å². The van der Waals surface area contributed by atoms with Gasteiger partial charge in [-0.05, 0) is 20.4 Å². The number of hydrogen-bond donors (Lipinski definition) is 2. The molecule has 0 saturated carbocycles. The van der Waals surface area contributed by atoms with E-state index in [1.54, 1.807) is 18.9 Å². The molecule has 1 fully saturated rings. The molecule has 0 spiro atoms. The van der Waals surface area contributed by atoms with Gasteiger partial charge < -0.3 is 20.3 Å². The first-order valence-electron chi connectivity index (χ1n) is 7.32. The molecule has 1 rings (SSSR count). The summed E-state index contributed by atoms with van der Waals surface area (Å²) in [5.74, 6) is -0.658. The normalized spacial score (nSPS) is 20.8. The Hall–Kier alpha value is -1.63. The molecule has 2 amide bonds. The maximum Gasteiger partial charge on any atom is 0.302 e. The summed E-state index contributed by atoms with van der Waals surface area (Å²) in [5.41, 5.74) is 0. The van der Waals surface area contributed by atoms with Crippen molar-refractivity contribution in [3.8, 4) is 0 Å². The Morgan fingerprint density at radius 1 is 1.38 bits per heavy atom. The number of nitrogens with one attached hydrogen (secondary N) is 2. The van der Waals surface area contributed by atoms with Gasteiger partial charge in [-0.1, -0.05) is 6.92 Å². The van der Waals surface area contributed by atoms with Crippen LogP contribution < -0.4 is 10.6 Å². The number of amides is 2. The number of hydrogen-bond acceptors (Lipinski definition) is 5. The van der Waals surface area contributed by atoms with Crippen LogP contribution in [0.15, 0.2) is 0 Å². The molecule has 0 aromatic heterocycles. The number of carbonyl (C=O) groups is 3. The number of ether oxygens (including phenoxy) is 1. The van der Waals surface area contributed by atoms with Crippen LogP contribution in [-0.2, 0) is 19.1 Å². The fourth-order valence-electron chi connectivity index (χ4n) is 2.25. The van der Waals surface area contributed by atoms with Crippen LogP contribution in [0.2, 0.25) is 0 Å². The molecule has 2 N–H and O–H groups in total. The van der Waals surface area contributed by atoms with Gasteiger partial charge in [-0.2, -0.15) is 0 Å². The number of carbonyl (C=O) groups excluding carboxylic acids is 3. The van der Waals surface area contributed by atoms with E-state index in [4.69, 9.17) is 4.74 Å². The van der Waals surface area contributed by atoms with Crippen LogP contribution in [0.1, 0.15) is 33.6 Å². The van der Waals surface area contributed by atoms with Crippen LogP contribution in [0, 0.1) is 0 Å². The Balaban J connectivity index is 2.56. The van der Waals surface area contributed by atoms with E-state index in [0.717, 1.165) is 0 Å². The van der Waals surface area contributed by atoms with E-state index in [1.165, 1.54) is 6.92 Å². The first-order chi connectivity index (χ1) is 9.88. The maximum atomic E-state index is 12.4. The summed E-state index contributed by atoms with van der Waals surface area (Å²) in [5, 5.41) is 5.59. The second-order valence-corrected chi connectivity index (χ2v) is 5.28. The van der Waals surface area contributed by atoms with E-state index in [2.05, 4.69) is 10.6 Å². The molecule has 1 aliphatic heterocycles. The van der Waals surface area contributed by atoms with E-state index in [0.29, 0.717) is 25.9 Å². The number of nitrogens with zero attached hydrogens (tertiary/aromatic N) is 1. The zero-order chi connectivity index (χ0) is 16.0. The molecule has 0 aliphatic carbocycles. The van der Waals surface area contributed by atoms with Crippen molar-refractivity contribution in [3.63, 3.8) is 0 Å². The fraction of sp³-hybridized carbons (Fsp3) is 0.786. The average Bonchev–Trinajstić information content (AvgIpc) is 2.90. The van der Waals surface area contributed by atoms with Gasteiger partial charge in [-0.15, -0.1) is 0 Å². The van der Waals surface area contributed by atoms with Gasteiger partial charge in [0.05, 0.1) is 12.6 Å². The molecule has 1 aliphatic rings. The smallest absolute Gasteiger partial charge is 0.302 e. The van der Waals surface area contributed by atoms with Crippen molar-refractivity contribution >= 4 is 17.8 Å². The van der Waals surface area contributed by atoms with Gasteiger partial charge in [0.1, 0.15) is 12.1 Å². The highest BCUT2D eigenvalue weighted by Crippen LogP contribution is 2.15. The topological polar surface area (TPSA) is 87.7 Å². The molecule has 3 atom stereocenters. The van der Waals surface area contributed by atoms with Gasteiger partial charge in [0.2, 0.25) is 11.8 Å². The molecule has 1 heterocycles. The predicted octanol–water partition coefficient (Wildman–Crippen LogP) is -0.347. The maximum absolute atomic E-state index is 12.4. The van der Waals surface area contributed by atoms with Crippen molar-refractivity contribution in [2.24, 2.45) is 0 Å². The zero-order valence-corrected chi connectivity index (χ0v) is 13.1. The molecule has 0 aromatic rings. The highest BCUT2D eigenvalue weighted by atomic mass is 16.5. The quantitative estimate of drug-likeness (QED) is 0.655. The summed E-state index contributed by atoms with van der Waals surface area (Å²) in [6, 6.07) is -0.886. The van der Waals surface area contributed by atoms with Gasteiger partial charge in [0.25, 0.3) is 0 Å². The second kappa shape index (κ2) is 7.97. The summed E-state index contributed by atoms with van der Waals surface area (Å²) in [4.78, 5) is 36.8. The third-order valence-electron chi connectivity index (χ3n) is 3.64. The Morgan fingerprint density at radius 3 is 2.57 bits per heavy atom. The Bertz CT molecular complexity index is 400. The fourth-order valence-corrected chi connectivity index (χ4v) is 2.25. The molecule has 3 unspecified atom stereocenters. The molecule has 0 bridgehead atoms. The molecule has 7 nitrogen and oxygen atoms in total. The summed E-state index contributed by atoms with van der Waals surface area (Å²) in [6.45, 7) is 5.89. The molecule has 0 radical (unpaired) electrons. The lowest BCUT2D eigenvalue weighted by Crippen LogP contribution is -2.52. The lowest BCUT2D eigenvalue weighted by Gasteiger charge is -2.24. The molecule has 7 heteroatoms. The van der Waals surface area contributed by atoms with Crippen LogP contribution in [0.25, 0.3) is 0 Å². The largest absolute Gasteiger partial charge is 0.461 e. The SMILES string of the molecule is CCC(NC(=O)C(C)NC)C(=O)N1CCC(OC(C)=O)C1. The lowest BCUT2D eigenvalue weighted by atomic mass is 10.1. The second-order valence-electron chi connectivity index (χ2n) is 5.28. The first-order valence-corrected chi connectivity index (χ1v) is 7.32. The Kier molecular flexibility index (Phi) is 6.61. The minimum Gasteiger partial charge on any atom is -0.461 e. The highest BCUT2D eigenvalue weighted by molar-refractivity contribution is 5.89. The van der Waals surface area contributed by atoms with Gasteiger partial charge in [0.15, 0.2) is 0 Å². The van der Waals surface area contributed by atoms with Crippen LogP contribution in [0.3, 0.4) is 0 Å². The Morgan fingerprint density at radius 2 is 2.05 bits per heavy atom. The van der Waals surface area contributed by atoms with E-state index in [9.17, 15) is 14.4 Å². The minimum absolute atomic E-state index is 0.121. The summed E-state index contributed by atoms with van der Waals surface area (Å²) in [6.07, 6.45) is 0.925. The van der Waals surface area contributed by atoms with Crippen molar-refractivity contribution in [3.05, 3.63) is 0 Å². The summed E-state index contributed by atoms with van der Waals surface area (Å²) in [7, 11) is 1.69. The molecule has 1 saturated heterocycles. The first kappa shape index (κ1) is 17.4. The van der Waals surface area contributed by atoms with Crippen molar-refractivity contribution in [2.45, 2.75) is 51.8 Å². The molecular formula is C14H25N3O4. The van der Waals surface area contributed by atoms with Gasteiger partial charge in [-0.3, -0.25) is 14.4 Å². The minimum atomic E-state index is -0.538. The van der Waals surface area contributed by atoms with E-state index in [1.807, 2.05) is 6.92 Å². The van der Waals surface area contributed by atoms with Crippen LogP contribution >= 0.6 is 0 Å². The Labute approximate surface area is 125 Å². The number of likely N-dealkylation sites (tertiary alicyclic amines) is 1. The third-order valence-corrected chi connectivity index (χ3v) is 3.64. The summed E-state index contributed by atoms with van der Waals surface area (Å²) < 4.78 is 5.11. The van der Waals surface area contributed by atoms with Crippen LogP contribution in [-0.4, -0.2) is 61.0 Å². The van der Waals surface area contributed by atoms with E-state index < -0.39 is 6.04 Å². The van der Waals surface area contributed by atoms with Crippen LogP contribution in [0.4, 0.5) is 0 Å². The van der Waals surface area contributed by atoms with Crippen molar-refractivity contribution < 1.29 is 19.1 Å². The highest BCUT2D eigenvalue weighted by Gasteiger charge is 2.32. The van der Waals surface area contributed by atoms with Gasteiger partial charge in [-0.25, -0.2) is 0 Å². The predicted molar refractivity (Wildman–Crippen MR) is 77.5 cm³/mol. The number of likely N-dealkylation sites (N-methyl/N-ethyl adjacent to an activating group) is 1. The molecule has 120 valence electrons. The van der Waals surface area contributed by atoms with Gasteiger partial charge >= 0.3 is 5.97 Å². The third kappa shape index (κ3) is 5.00. The zero-order valence-electron chi connectivity index (χ0n) is 13.1. The number of rotatable bonds is 6. The van der Waals surface area contributed by atoms with E-state index in [-0.39, 0.29) is 29.9 Å². The molecular weight excluding hydrogens is 274 g/mol. The monoisotopic (exact) mass is 299 g/mol. The van der Waals surface area contributed by atoms with Gasteiger partial charge in [0, 0.05) is 19.9 Å². The molecule has 0 aromatic carbocycles. The summed E-state index contributed by atoms with van der Waals surface area (Å²) >= 11 is 0. The lowest BCUT2D eigenvalue weighted by molar-refractivity contribution is -0.146. The van der Waals surface area contributed by atoms with Crippen molar-refractivity contribution in [2.75, 3.05) is 20.1 Å². The van der Waals surface area contributed by atoms with E-state index >= 15 is 0 Å². The standard InChI is InChI=1S/C14H25N3O4/c1-5-12(16-13(19)9(2)15-4)14(20)17-7-6-11(8-17)21-10(3)18/h9,11-12,15H,5-8H2,1-4H3,(H,16,19).